The molecule has 1 unspecified atom stereocenters. The van der Waals surface area contributed by atoms with E-state index in [1.54, 1.807) is 12.1 Å². The van der Waals surface area contributed by atoms with Crippen molar-refractivity contribution in [3.63, 3.8) is 0 Å². The monoisotopic (exact) mass is 372 g/mol. The first-order valence-electron chi connectivity index (χ1n) is 9.00. The van der Waals surface area contributed by atoms with Gasteiger partial charge >= 0.3 is 0 Å². The van der Waals surface area contributed by atoms with Crippen LogP contribution in [0, 0.1) is 19.7 Å². The van der Waals surface area contributed by atoms with E-state index in [2.05, 4.69) is 42.3 Å². The van der Waals surface area contributed by atoms with Gasteiger partial charge in [-0.2, -0.15) is 0 Å². The Hall–Kier alpha value is -1.98. The molecule has 1 heterocycles. The molecule has 0 aromatic heterocycles. The van der Waals surface area contributed by atoms with Crippen molar-refractivity contribution in [2.24, 2.45) is 0 Å². The number of nitrogens with one attached hydrogen (secondary N) is 1. The van der Waals surface area contributed by atoms with Gasteiger partial charge in [-0.25, -0.2) is 4.39 Å². The summed E-state index contributed by atoms with van der Waals surface area (Å²) in [5.41, 5.74) is 4.24. The van der Waals surface area contributed by atoms with Crippen molar-refractivity contribution in [2.75, 3.05) is 18.5 Å². The summed E-state index contributed by atoms with van der Waals surface area (Å²) in [5.74, 6) is -0.229. The van der Waals surface area contributed by atoms with Gasteiger partial charge in [-0.15, -0.1) is 0 Å². The lowest BCUT2D eigenvalue weighted by molar-refractivity contribution is 0.0905. The Morgan fingerprint density at radius 3 is 2.65 bits per heavy atom. The van der Waals surface area contributed by atoms with Crippen molar-refractivity contribution in [3.8, 4) is 0 Å². The Morgan fingerprint density at radius 2 is 2.00 bits per heavy atom. The third-order valence-corrected chi connectivity index (χ3v) is 4.83. The lowest BCUT2D eigenvalue weighted by Crippen LogP contribution is -2.39. The van der Waals surface area contributed by atoms with Gasteiger partial charge in [-0.1, -0.05) is 18.2 Å². The van der Waals surface area contributed by atoms with Crippen LogP contribution in [0.15, 0.2) is 42.5 Å². The van der Waals surface area contributed by atoms with Crippen molar-refractivity contribution in [1.82, 2.24) is 4.90 Å². The van der Waals surface area contributed by atoms with E-state index in [0.717, 1.165) is 30.7 Å². The predicted molar refractivity (Wildman–Crippen MR) is 108 cm³/mol. The highest BCUT2D eigenvalue weighted by Crippen LogP contribution is 2.18. The summed E-state index contributed by atoms with van der Waals surface area (Å²) in [5, 5.41) is 3.97. The third-order valence-electron chi connectivity index (χ3n) is 4.47. The summed E-state index contributed by atoms with van der Waals surface area (Å²) >= 11 is 5.68. The van der Waals surface area contributed by atoms with Crippen molar-refractivity contribution in [3.05, 3.63) is 65.0 Å². The summed E-state index contributed by atoms with van der Waals surface area (Å²) in [6, 6.07) is 12.9. The maximum absolute atomic E-state index is 13.6. The molecule has 1 saturated heterocycles. The number of nitrogens with zero attached hydrogens (tertiary/aromatic N) is 1. The molecule has 2 aromatic carbocycles. The van der Waals surface area contributed by atoms with Crippen LogP contribution < -0.4 is 5.32 Å². The van der Waals surface area contributed by atoms with Crippen molar-refractivity contribution < 1.29 is 9.13 Å². The van der Waals surface area contributed by atoms with Crippen molar-refractivity contribution in [2.45, 2.75) is 39.3 Å². The van der Waals surface area contributed by atoms with E-state index in [1.165, 1.54) is 17.2 Å². The number of hydrogen-bond acceptors (Lipinski definition) is 2. The Bertz CT molecular complexity index is 754. The van der Waals surface area contributed by atoms with E-state index >= 15 is 0 Å². The van der Waals surface area contributed by atoms with Crippen LogP contribution in [0.1, 0.15) is 29.5 Å². The minimum Gasteiger partial charge on any atom is -0.376 e. The van der Waals surface area contributed by atoms with Crippen LogP contribution in [0.3, 0.4) is 0 Å². The molecule has 0 bridgehead atoms. The second-order valence-corrected chi connectivity index (χ2v) is 7.34. The van der Waals surface area contributed by atoms with Crippen LogP contribution >= 0.6 is 12.2 Å². The first-order chi connectivity index (χ1) is 12.5. The SMILES string of the molecule is Cc1cc(C)cc(NC(=S)N(Cc2cccc(F)c2)CC2CCCO2)c1. The topological polar surface area (TPSA) is 24.5 Å². The third kappa shape index (κ3) is 5.26. The summed E-state index contributed by atoms with van der Waals surface area (Å²) < 4.78 is 19.3. The average molecular weight is 373 g/mol. The van der Waals surface area contributed by atoms with Gasteiger partial charge in [0.25, 0.3) is 0 Å². The van der Waals surface area contributed by atoms with E-state index < -0.39 is 0 Å². The molecule has 0 spiro atoms. The molecule has 1 fully saturated rings. The molecule has 1 aliphatic rings. The van der Waals surface area contributed by atoms with Crippen LogP contribution in [0.4, 0.5) is 10.1 Å². The van der Waals surface area contributed by atoms with Crippen LogP contribution in [-0.2, 0) is 11.3 Å². The van der Waals surface area contributed by atoms with E-state index in [0.29, 0.717) is 18.2 Å². The highest BCUT2D eigenvalue weighted by molar-refractivity contribution is 7.80. The lowest BCUT2D eigenvalue weighted by atomic mass is 10.1. The second-order valence-electron chi connectivity index (χ2n) is 6.95. The first kappa shape index (κ1) is 18.8. The molecule has 138 valence electrons. The number of anilines is 1. The number of ether oxygens (including phenoxy) is 1. The largest absolute Gasteiger partial charge is 0.376 e. The van der Waals surface area contributed by atoms with Gasteiger partial charge < -0.3 is 15.0 Å². The highest BCUT2D eigenvalue weighted by atomic mass is 32.1. The fourth-order valence-electron chi connectivity index (χ4n) is 3.36. The number of halogens is 1. The molecular formula is C21H25FN2OS. The molecular weight excluding hydrogens is 347 g/mol. The summed E-state index contributed by atoms with van der Waals surface area (Å²) in [6.07, 6.45) is 2.28. The number of aryl methyl sites for hydroxylation is 2. The summed E-state index contributed by atoms with van der Waals surface area (Å²) in [6.45, 7) is 6.19. The van der Waals surface area contributed by atoms with E-state index in [4.69, 9.17) is 17.0 Å². The standard InChI is InChI=1S/C21H25FN2OS/c1-15-9-16(2)11-19(10-15)23-21(26)24(14-20-7-4-8-25-20)13-17-5-3-6-18(22)12-17/h3,5-6,9-12,20H,4,7-8,13-14H2,1-2H3,(H,23,26). The number of benzene rings is 2. The first-order valence-corrected chi connectivity index (χ1v) is 9.41. The van der Waals surface area contributed by atoms with Crippen LogP contribution in [0.5, 0.6) is 0 Å². The predicted octanol–water partition coefficient (Wildman–Crippen LogP) is 4.82. The quantitative estimate of drug-likeness (QED) is 0.761. The lowest BCUT2D eigenvalue weighted by Gasteiger charge is -2.28. The fraction of sp³-hybridized carbons (Fsp3) is 0.381. The highest BCUT2D eigenvalue weighted by Gasteiger charge is 2.21. The molecule has 0 amide bonds. The molecule has 5 heteroatoms. The molecule has 3 rings (SSSR count). The van der Waals surface area contributed by atoms with Gasteiger partial charge in [-0.05, 0) is 79.9 Å². The zero-order chi connectivity index (χ0) is 18.5. The normalized spacial score (nSPS) is 16.5. The molecule has 2 aromatic rings. The molecule has 3 nitrogen and oxygen atoms in total. The Balaban J connectivity index is 1.75. The second kappa shape index (κ2) is 8.60. The molecule has 1 N–H and O–H groups in total. The zero-order valence-electron chi connectivity index (χ0n) is 15.3. The number of thiocarbonyl (C=S) groups is 1. The number of hydrogen-bond donors (Lipinski definition) is 1. The molecule has 26 heavy (non-hydrogen) atoms. The van der Waals surface area contributed by atoms with E-state index in [1.807, 2.05) is 6.07 Å². The van der Waals surface area contributed by atoms with Gasteiger partial charge in [0.05, 0.1) is 6.10 Å². The van der Waals surface area contributed by atoms with Crippen LogP contribution in [0.2, 0.25) is 0 Å². The van der Waals surface area contributed by atoms with E-state index in [-0.39, 0.29) is 11.9 Å². The fourth-order valence-corrected chi connectivity index (χ4v) is 3.62. The molecule has 0 aliphatic carbocycles. The Kier molecular flexibility index (Phi) is 6.22. The van der Waals surface area contributed by atoms with Crippen molar-refractivity contribution >= 4 is 23.0 Å². The minimum atomic E-state index is -0.229. The molecule has 0 saturated carbocycles. The Labute approximate surface area is 160 Å². The average Bonchev–Trinajstić information content (AvgIpc) is 3.06. The van der Waals surface area contributed by atoms with Crippen LogP contribution in [-0.4, -0.2) is 29.3 Å². The number of rotatable bonds is 5. The van der Waals surface area contributed by atoms with Gasteiger partial charge in [0.15, 0.2) is 5.11 Å². The van der Waals surface area contributed by atoms with E-state index in [9.17, 15) is 4.39 Å². The smallest absolute Gasteiger partial charge is 0.173 e. The van der Waals surface area contributed by atoms with Gasteiger partial charge in [0.1, 0.15) is 5.82 Å². The molecule has 1 aliphatic heterocycles. The summed E-state index contributed by atoms with van der Waals surface area (Å²) in [4.78, 5) is 2.07. The zero-order valence-corrected chi connectivity index (χ0v) is 16.1. The maximum Gasteiger partial charge on any atom is 0.173 e. The summed E-state index contributed by atoms with van der Waals surface area (Å²) in [7, 11) is 0. The Morgan fingerprint density at radius 1 is 1.23 bits per heavy atom. The molecule has 0 radical (unpaired) electrons. The van der Waals surface area contributed by atoms with Crippen LogP contribution in [0.25, 0.3) is 0 Å². The van der Waals surface area contributed by atoms with Gasteiger partial charge in [0, 0.05) is 25.4 Å². The minimum absolute atomic E-state index is 0.169. The van der Waals surface area contributed by atoms with Gasteiger partial charge in [0.2, 0.25) is 0 Å². The van der Waals surface area contributed by atoms with Gasteiger partial charge in [-0.3, -0.25) is 0 Å². The molecule has 1 atom stereocenters. The van der Waals surface area contributed by atoms with Crippen molar-refractivity contribution in [1.29, 1.82) is 0 Å². The maximum atomic E-state index is 13.6.